The molecule has 0 fully saturated rings. The third-order valence-corrected chi connectivity index (χ3v) is 3.32. The Morgan fingerprint density at radius 2 is 1.89 bits per heavy atom. The predicted molar refractivity (Wildman–Crippen MR) is 70.0 cm³/mol. The third-order valence-electron chi connectivity index (χ3n) is 2.30. The van der Waals surface area contributed by atoms with Gasteiger partial charge in [-0.3, -0.25) is 4.79 Å². The molecule has 0 radical (unpaired) electrons. The molecule has 2 aromatic rings. The Bertz CT molecular complexity index is 631. The summed E-state index contributed by atoms with van der Waals surface area (Å²) >= 11 is 17.8. The zero-order valence-corrected chi connectivity index (χ0v) is 11.0. The summed E-state index contributed by atoms with van der Waals surface area (Å²) in [5.41, 5.74) is 0.803. The second kappa shape index (κ2) is 5.22. The third kappa shape index (κ3) is 2.48. The van der Waals surface area contributed by atoms with Gasteiger partial charge in [0.15, 0.2) is 6.29 Å². The quantitative estimate of drug-likeness (QED) is 0.459. The van der Waals surface area contributed by atoms with Crippen LogP contribution in [-0.4, -0.2) is 11.3 Å². The number of hydrogen-bond donors (Lipinski definition) is 0. The van der Waals surface area contributed by atoms with Crippen LogP contribution < -0.4 is 0 Å². The largest absolute Gasteiger partial charge is 0.298 e. The monoisotopic (exact) mass is 303 g/mol. The molecule has 0 amide bonds. The van der Waals surface area contributed by atoms with E-state index in [9.17, 15) is 9.18 Å². The molecule has 2 rings (SSSR count). The van der Waals surface area contributed by atoms with E-state index in [2.05, 4.69) is 4.98 Å². The molecule has 1 aromatic carbocycles. The van der Waals surface area contributed by atoms with E-state index in [4.69, 9.17) is 34.8 Å². The van der Waals surface area contributed by atoms with Crippen LogP contribution in [0.3, 0.4) is 0 Å². The Balaban J connectivity index is 2.65. The number of carbonyl (C=O) groups excluding carboxylic acids is 1. The van der Waals surface area contributed by atoms with Crippen molar-refractivity contribution >= 4 is 41.1 Å². The van der Waals surface area contributed by atoms with Crippen molar-refractivity contribution in [2.45, 2.75) is 0 Å². The van der Waals surface area contributed by atoms with Crippen LogP contribution in [0.25, 0.3) is 11.1 Å². The molecule has 0 aliphatic heterocycles. The van der Waals surface area contributed by atoms with Crippen LogP contribution in [0.1, 0.15) is 10.4 Å². The summed E-state index contributed by atoms with van der Waals surface area (Å²) in [4.78, 5) is 14.1. The lowest BCUT2D eigenvalue weighted by Gasteiger charge is -2.07. The van der Waals surface area contributed by atoms with E-state index in [1.807, 2.05) is 0 Å². The topological polar surface area (TPSA) is 30.0 Å². The van der Waals surface area contributed by atoms with Crippen LogP contribution in [0.2, 0.25) is 15.1 Å². The molecule has 1 heterocycles. The molecular weight excluding hydrogens is 299 g/mol. The van der Waals surface area contributed by atoms with Crippen LogP contribution in [0.5, 0.6) is 0 Å². The van der Waals surface area contributed by atoms with Crippen molar-refractivity contribution in [2.24, 2.45) is 0 Å². The highest BCUT2D eigenvalue weighted by Crippen LogP contribution is 2.36. The molecule has 0 aliphatic carbocycles. The Hall–Kier alpha value is -1.16. The number of nitrogens with zero attached hydrogens (tertiary/aromatic N) is 1. The summed E-state index contributed by atoms with van der Waals surface area (Å²) in [5, 5.41) is 0.929. The highest BCUT2D eigenvalue weighted by atomic mass is 35.5. The summed E-state index contributed by atoms with van der Waals surface area (Å²) in [6.07, 6.45) is 1.64. The Morgan fingerprint density at radius 1 is 1.17 bits per heavy atom. The smallest absolute Gasteiger partial charge is 0.223 e. The average molecular weight is 305 g/mol. The second-order valence-corrected chi connectivity index (χ2v) is 4.69. The highest BCUT2D eigenvalue weighted by Gasteiger charge is 2.12. The summed E-state index contributed by atoms with van der Waals surface area (Å²) in [6.45, 7) is 0. The first-order valence-corrected chi connectivity index (χ1v) is 5.92. The van der Waals surface area contributed by atoms with Crippen LogP contribution >= 0.6 is 34.8 Å². The zero-order chi connectivity index (χ0) is 13.3. The van der Waals surface area contributed by atoms with Crippen LogP contribution in [-0.2, 0) is 0 Å². The van der Waals surface area contributed by atoms with Gasteiger partial charge < -0.3 is 0 Å². The summed E-state index contributed by atoms with van der Waals surface area (Å²) in [5.74, 6) is -0.835. The molecule has 0 saturated carbocycles. The van der Waals surface area contributed by atoms with Crippen molar-refractivity contribution < 1.29 is 9.18 Å². The first-order valence-electron chi connectivity index (χ1n) is 4.78. The van der Waals surface area contributed by atoms with Gasteiger partial charge in [0.2, 0.25) is 5.95 Å². The average Bonchev–Trinajstić information content (AvgIpc) is 2.34. The maximum absolute atomic E-state index is 13.1. The van der Waals surface area contributed by atoms with E-state index >= 15 is 0 Å². The molecule has 6 heteroatoms. The van der Waals surface area contributed by atoms with E-state index in [0.29, 0.717) is 22.4 Å². The van der Waals surface area contributed by atoms with Gasteiger partial charge in [0.1, 0.15) is 0 Å². The lowest BCUT2D eigenvalue weighted by molar-refractivity contribution is 0.111. The Labute approximate surface area is 117 Å². The van der Waals surface area contributed by atoms with E-state index in [-0.39, 0.29) is 15.6 Å². The van der Waals surface area contributed by atoms with E-state index in [1.165, 1.54) is 18.3 Å². The molecule has 0 spiro atoms. The molecular formula is C12H5Cl3FNO. The maximum atomic E-state index is 13.1. The summed E-state index contributed by atoms with van der Waals surface area (Å²) in [6, 6.07) is 4.40. The van der Waals surface area contributed by atoms with Crippen molar-refractivity contribution in [3.63, 3.8) is 0 Å². The van der Waals surface area contributed by atoms with Gasteiger partial charge in [0, 0.05) is 22.3 Å². The number of benzene rings is 1. The number of pyridine rings is 1. The fourth-order valence-corrected chi connectivity index (χ4v) is 2.17. The van der Waals surface area contributed by atoms with Gasteiger partial charge in [0.25, 0.3) is 0 Å². The minimum atomic E-state index is -0.835. The SMILES string of the molecule is O=Cc1cc(-c2cc(Cl)cc(Cl)c2Cl)cnc1F. The number of aldehydes is 1. The Kier molecular flexibility index (Phi) is 3.85. The van der Waals surface area contributed by atoms with Gasteiger partial charge in [-0.05, 0) is 18.2 Å². The molecule has 0 N–H and O–H groups in total. The van der Waals surface area contributed by atoms with Crippen molar-refractivity contribution in [3.8, 4) is 11.1 Å². The van der Waals surface area contributed by atoms with Crippen molar-refractivity contribution in [2.75, 3.05) is 0 Å². The fraction of sp³-hybridized carbons (Fsp3) is 0. The van der Waals surface area contributed by atoms with Crippen LogP contribution in [0.15, 0.2) is 24.4 Å². The summed E-state index contributed by atoms with van der Waals surface area (Å²) < 4.78 is 13.1. The minimum absolute atomic E-state index is 0.153. The molecule has 1 aromatic heterocycles. The molecule has 0 unspecified atom stereocenters. The van der Waals surface area contributed by atoms with Gasteiger partial charge in [-0.1, -0.05) is 34.8 Å². The standard InChI is InChI=1S/C12H5Cl3FNO/c13-8-2-9(11(15)10(14)3-8)6-1-7(5-18)12(16)17-4-6/h1-5H. The molecule has 0 saturated heterocycles. The van der Waals surface area contributed by atoms with Gasteiger partial charge in [0.05, 0.1) is 15.6 Å². The van der Waals surface area contributed by atoms with Crippen molar-refractivity contribution in [3.05, 3.63) is 51.0 Å². The lowest BCUT2D eigenvalue weighted by Crippen LogP contribution is -1.93. The van der Waals surface area contributed by atoms with Crippen molar-refractivity contribution in [1.29, 1.82) is 0 Å². The second-order valence-electron chi connectivity index (χ2n) is 3.47. The number of hydrogen-bond acceptors (Lipinski definition) is 2. The molecule has 92 valence electrons. The number of rotatable bonds is 2. The van der Waals surface area contributed by atoms with Gasteiger partial charge in [-0.25, -0.2) is 4.98 Å². The first-order chi connectivity index (χ1) is 8.52. The summed E-state index contributed by atoms with van der Waals surface area (Å²) in [7, 11) is 0. The predicted octanol–water partition coefficient (Wildman–Crippen LogP) is 4.66. The molecule has 0 bridgehead atoms. The maximum Gasteiger partial charge on any atom is 0.223 e. The minimum Gasteiger partial charge on any atom is -0.298 e. The highest BCUT2D eigenvalue weighted by molar-refractivity contribution is 6.45. The van der Waals surface area contributed by atoms with Crippen molar-refractivity contribution in [1.82, 2.24) is 4.98 Å². The fourth-order valence-electron chi connectivity index (χ4n) is 1.46. The molecule has 0 aliphatic rings. The van der Waals surface area contributed by atoms with Crippen LogP contribution in [0.4, 0.5) is 4.39 Å². The number of carbonyl (C=O) groups is 1. The van der Waals surface area contributed by atoms with Gasteiger partial charge >= 0.3 is 0 Å². The number of aromatic nitrogens is 1. The van der Waals surface area contributed by atoms with Gasteiger partial charge in [-0.15, -0.1) is 0 Å². The zero-order valence-electron chi connectivity index (χ0n) is 8.75. The molecule has 2 nitrogen and oxygen atoms in total. The Morgan fingerprint density at radius 3 is 2.56 bits per heavy atom. The lowest BCUT2D eigenvalue weighted by atomic mass is 10.1. The van der Waals surface area contributed by atoms with Gasteiger partial charge in [-0.2, -0.15) is 4.39 Å². The number of halogens is 4. The first kappa shape index (κ1) is 13.3. The van der Waals surface area contributed by atoms with E-state index in [1.54, 1.807) is 6.07 Å². The van der Waals surface area contributed by atoms with E-state index in [0.717, 1.165) is 0 Å². The molecule has 18 heavy (non-hydrogen) atoms. The molecule has 0 atom stereocenters. The normalized spacial score (nSPS) is 10.4. The van der Waals surface area contributed by atoms with E-state index < -0.39 is 5.95 Å². The van der Waals surface area contributed by atoms with Crippen LogP contribution in [0, 0.1) is 5.95 Å².